The van der Waals surface area contributed by atoms with Crippen LogP contribution in [0.5, 0.6) is 0 Å². The number of imide groups is 1. The molecule has 2 rings (SSSR count). The summed E-state index contributed by atoms with van der Waals surface area (Å²) in [4.78, 5) is 24.1. The minimum absolute atomic E-state index is 0.136. The van der Waals surface area contributed by atoms with Crippen LogP contribution in [-0.2, 0) is 9.59 Å². The van der Waals surface area contributed by atoms with Crippen molar-refractivity contribution in [2.75, 3.05) is 7.05 Å². The van der Waals surface area contributed by atoms with Crippen LogP contribution in [-0.4, -0.2) is 23.8 Å². The number of aryl methyl sites for hydroxylation is 1. The number of likely N-dealkylation sites (N-methyl/N-ethyl adjacent to an activating group) is 1. The molecular weight excluding hydrogens is 202 g/mol. The minimum Gasteiger partial charge on any atom is -0.282 e. The van der Waals surface area contributed by atoms with Gasteiger partial charge in [-0.3, -0.25) is 14.5 Å². The van der Waals surface area contributed by atoms with E-state index in [2.05, 4.69) is 0 Å². The maximum atomic E-state index is 11.6. The molecule has 1 heterocycles. The van der Waals surface area contributed by atoms with Crippen LogP contribution in [0.1, 0.15) is 17.5 Å². The van der Waals surface area contributed by atoms with E-state index in [1.165, 1.54) is 17.5 Å². The zero-order valence-electron chi connectivity index (χ0n) is 9.36. The lowest BCUT2D eigenvalue weighted by Gasteiger charge is -2.02. The Morgan fingerprint density at radius 3 is 2.31 bits per heavy atom. The predicted octanol–water partition coefficient (Wildman–Crippen LogP) is 1.77. The molecule has 0 aliphatic carbocycles. The molecule has 1 aliphatic rings. The SMILES string of the molecule is Cc1ccc(C=C2CC(=O)N(C)C2=O)cc1. The topological polar surface area (TPSA) is 37.4 Å². The first kappa shape index (κ1) is 10.6. The maximum absolute atomic E-state index is 11.6. The van der Waals surface area contributed by atoms with Crippen molar-refractivity contribution in [2.45, 2.75) is 13.3 Å². The lowest BCUT2D eigenvalue weighted by atomic mass is 10.1. The van der Waals surface area contributed by atoms with Crippen LogP contribution in [0.15, 0.2) is 29.8 Å². The molecule has 1 aromatic carbocycles. The molecule has 82 valence electrons. The van der Waals surface area contributed by atoms with Gasteiger partial charge in [-0.25, -0.2) is 0 Å². The fourth-order valence-electron chi connectivity index (χ4n) is 1.66. The Kier molecular flexibility index (Phi) is 2.60. The van der Waals surface area contributed by atoms with Crippen LogP contribution in [0.3, 0.4) is 0 Å². The second-order valence-electron chi connectivity index (χ2n) is 4.01. The second kappa shape index (κ2) is 3.93. The number of likely N-dealkylation sites (tertiary alicyclic amines) is 1. The molecule has 1 aliphatic heterocycles. The Balaban J connectivity index is 2.29. The molecule has 0 radical (unpaired) electrons. The zero-order chi connectivity index (χ0) is 11.7. The van der Waals surface area contributed by atoms with E-state index in [4.69, 9.17) is 0 Å². The lowest BCUT2D eigenvalue weighted by Crippen LogP contribution is -2.23. The van der Waals surface area contributed by atoms with Crippen LogP contribution in [0, 0.1) is 6.92 Å². The average Bonchev–Trinajstić information content (AvgIpc) is 2.50. The number of carbonyl (C=O) groups excluding carboxylic acids is 2. The van der Waals surface area contributed by atoms with Gasteiger partial charge in [-0.05, 0) is 18.6 Å². The van der Waals surface area contributed by atoms with E-state index in [-0.39, 0.29) is 18.2 Å². The highest BCUT2D eigenvalue weighted by atomic mass is 16.2. The maximum Gasteiger partial charge on any atom is 0.256 e. The molecular formula is C13H13NO2. The predicted molar refractivity (Wildman–Crippen MR) is 61.6 cm³/mol. The molecule has 2 amide bonds. The van der Waals surface area contributed by atoms with Crippen molar-refractivity contribution in [2.24, 2.45) is 0 Å². The average molecular weight is 215 g/mol. The van der Waals surface area contributed by atoms with Gasteiger partial charge >= 0.3 is 0 Å². The fourth-order valence-corrected chi connectivity index (χ4v) is 1.66. The highest BCUT2D eigenvalue weighted by molar-refractivity contribution is 6.15. The number of nitrogens with zero attached hydrogens (tertiary/aromatic N) is 1. The monoisotopic (exact) mass is 215 g/mol. The quantitative estimate of drug-likeness (QED) is 0.529. The molecule has 0 atom stereocenters. The minimum atomic E-state index is -0.189. The molecule has 0 bridgehead atoms. The van der Waals surface area contributed by atoms with E-state index in [9.17, 15) is 9.59 Å². The van der Waals surface area contributed by atoms with Gasteiger partial charge in [-0.15, -0.1) is 0 Å². The molecule has 1 saturated heterocycles. The van der Waals surface area contributed by atoms with Gasteiger partial charge in [0.05, 0.1) is 6.42 Å². The molecule has 0 N–H and O–H groups in total. The summed E-state index contributed by atoms with van der Waals surface area (Å²) in [6, 6.07) is 7.85. The molecule has 0 spiro atoms. The summed E-state index contributed by atoms with van der Waals surface area (Å²) < 4.78 is 0. The Labute approximate surface area is 94.4 Å². The molecule has 1 aromatic rings. The van der Waals surface area contributed by atoms with Gasteiger partial charge in [-0.1, -0.05) is 29.8 Å². The Morgan fingerprint density at radius 1 is 1.19 bits per heavy atom. The smallest absolute Gasteiger partial charge is 0.256 e. The van der Waals surface area contributed by atoms with Crippen molar-refractivity contribution in [3.05, 3.63) is 41.0 Å². The van der Waals surface area contributed by atoms with Gasteiger partial charge in [0.25, 0.3) is 5.91 Å². The largest absolute Gasteiger partial charge is 0.282 e. The summed E-state index contributed by atoms with van der Waals surface area (Å²) in [6.07, 6.45) is 1.99. The summed E-state index contributed by atoms with van der Waals surface area (Å²) in [5, 5.41) is 0. The normalized spacial score (nSPS) is 18.6. The first-order chi connectivity index (χ1) is 7.58. The standard InChI is InChI=1S/C13H13NO2/c1-9-3-5-10(6-4-9)7-11-8-12(15)14(2)13(11)16/h3-7H,8H2,1-2H3. The van der Waals surface area contributed by atoms with Crippen molar-refractivity contribution in [3.63, 3.8) is 0 Å². The number of rotatable bonds is 1. The number of amides is 2. The van der Waals surface area contributed by atoms with E-state index in [0.717, 1.165) is 5.56 Å². The molecule has 0 saturated carbocycles. The number of benzene rings is 1. The van der Waals surface area contributed by atoms with Crippen molar-refractivity contribution < 1.29 is 9.59 Å². The molecule has 3 heteroatoms. The summed E-state index contributed by atoms with van der Waals surface area (Å²) in [5.74, 6) is -0.325. The van der Waals surface area contributed by atoms with Crippen LogP contribution >= 0.6 is 0 Å². The van der Waals surface area contributed by atoms with Gasteiger partial charge in [-0.2, -0.15) is 0 Å². The fraction of sp³-hybridized carbons (Fsp3) is 0.231. The van der Waals surface area contributed by atoms with Crippen LogP contribution in [0.4, 0.5) is 0 Å². The number of hydrogen-bond donors (Lipinski definition) is 0. The Hall–Kier alpha value is -1.90. The van der Waals surface area contributed by atoms with E-state index in [1.54, 1.807) is 6.08 Å². The molecule has 0 aromatic heterocycles. The van der Waals surface area contributed by atoms with Crippen molar-refractivity contribution in [1.82, 2.24) is 4.90 Å². The third-order valence-corrected chi connectivity index (χ3v) is 2.71. The molecule has 16 heavy (non-hydrogen) atoms. The molecule has 1 fully saturated rings. The van der Waals surface area contributed by atoms with Crippen LogP contribution < -0.4 is 0 Å². The van der Waals surface area contributed by atoms with Gasteiger partial charge in [0, 0.05) is 12.6 Å². The van der Waals surface area contributed by atoms with E-state index >= 15 is 0 Å². The Bertz CT molecular complexity index is 471. The number of hydrogen-bond acceptors (Lipinski definition) is 2. The molecule has 3 nitrogen and oxygen atoms in total. The second-order valence-corrected chi connectivity index (χ2v) is 4.01. The summed E-state index contributed by atoms with van der Waals surface area (Å²) in [6.45, 7) is 2.01. The third-order valence-electron chi connectivity index (χ3n) is 2.71. The van der Waals surface area contributed by atoms with Crippen LogP contribution in [0.25, 0.3) is 6.08 Å². The van der Waals surface area contributed by atoms with Crippen molar-refractivity contribution in [1.29, 1.82) is 0 Å². The lowest BCUT2D eigenvalue weighted by molar-refractivity contribution is -0.135. The van der Waals surface area contributed by atoms with Gasteiger partial charge in [0.1, 0.15) is 0 Å². The van der Waals surface area contributed by atoms with Crippen molar-refractivity contribution in [3.8, 4) is 0 Å². The van der Waals surface area contributed by atoms with E-state index in [1.807, 2.05) is 31.2 Å². The highest BCUT2D eigenvalue weighted by Gasteiger charge is 2.30. The first-order valence-electron chi connectivity index (χ1n) is 5.16. The highest BCUT2D eigenvalue weighted by Crippen LogP contribution is 2.20. The van der Waals surface area contributed by atoms with E-state index < -0.39 is 0 Å². The summed E-state index contributed by atoms with van der Waals surface area (Å²) in [7, 11) is 1.51. The number of carbonyl (C=O) groups is 2. The van der Waals surface area contributed by atoms with Gasteiger partial charge in [0.15, 0.2) is 0 Å². The zero-order valence-corrected chi connectivity index (χ0v) is 9.36. The summed E-state index contributed by atoms with van der Waals surface area (Å²) in [5.41, 5.74) is 2.70. The van der Waals surface area contributed by atoms with E-state index in [0.29, 0.717) is 5.57 Å². The summed E-state index contributed by atoms with van der Waals surface area (Å²) >= 11 is 0. The van der Waals surface area contributed by atoms with Gasteiger partial charge in [0.2, 0.25) is 5.91 Å². The first-order valence-corrected chi connectivity index (χ1v) is 5.16. The third kappa shape index (κ3) is 1.89. The van der Waals surface area contributed by atoms with Gasteiger partial charge < -0.3 is 0 Å². The van der Waals surface area contributed by atoms with Crippen molar-refractivity contribution >= 4 is 17.9 Å². The Morgan fingerprint density at radius 2 is 1.81 bits per heavy atom. The van der Waals surface area contributed by atoms with Crippen LogP contribution in [0.2, 0.25) is 0 Å². The molecule has 0 unspecified atom stereocenters.